The van der Waals surface area contributed by atoms with Crippen molar-refractivity contribution < 1.29 is 4.79 Å². The molecule has 0 bridgehead atoms. The molecule has 0 radical (unpaired) electrons. The van der Waals surface area contributed by atoms with Crippen LogP contribution in [0.25, 0.3) is 0 Å². The molecule has 1 rings (SSSR count). The minimum absolute atomic E-state index is 0.0116. The van der Waals surface area contributed by atoms with E-state index in [2.05, 4.69) is 15.6 Å². The quantitative estimate of drug-likeness (QED) is 0.640. The van der Waals surface area contributed by atoms with Gasteiger partial charge in [-0.2, -0.15) is 5.26 Å². The smallest absolute Gasteiger partial charge is 0.263 e. The second kappa shape index (κ2) is 7.39. The third-order valence-electron chi connectivity index (χ3n) is 2.12. The van der Waals surface area contributed by atoms with Crippen LogP contribution in [0.2, 0.25) is 5.02 Å². The number of pyridine rings is 1. The van der Waals surface area contributed by atoms with Gasteiger partial charge in [-0.3, -0.25) is 4.79 Å². The molecular formula is C13H15ClN4O. The van der Waals surface area contributed by atoms with Crippen LogP contribution in [0.1, 0.15) is 13.8 Å². The first-order chi connectivity index (χ1) is 9.02. The molecule has 6 heteroatoms. The van der Waals surface area contributed by atoms with Gasteiger partial charge in [-0.25, -0.2) is 4.98 Å². The number of nitriles is 1. The molecule has 0 saturated carbocycles. The number of hydrogen-bond acceptors (Lipinski definition) is 4. The zero-order valence-electron chi connectivity index (χ0n) is 10.8. The highest BCUT2D eigenvalue weighted by Crippen LogP contribution is 2.11. The van der Waals surface area contributed by atoms with Crippen molar-refractivity contribution >= 4 is 23.3 Å². The highest BCUT2D eigenvalue weighted by molar-refractivity contribution is 6.30. The van der Waals surface area contributed by atoms with Gasteiger partial charge in [-0.1, -0.05) is 25.4 Å². The van der Waals surface area contributed by atoms with Gasteiger partial charge in [0.25, 0.3) is 5.91 Å². The Hall–Kier alpha value is -2.06. The maximum absolute atomic E-state index is 11.7. The Balaban J connectivity index is 2.67. The first-order valence-corrected chi connectivity index (χ1v) is 6.17. The van der Waals surface area contributed by atoms with Crippen LogP contribution in [0.5, 0.6) is 0 Å². The maximum Gasteiger partial charge on any atom is 0.263 e. The Bertz CT molecular complexity index is 520. The molecule has 1 amide bonds. The summed E-state index contributed by atoms with van der Waals surface area (Å²) >= 11 is 5.80. The Kier molecular flexibility index (Phi) is 5.83. The predicted octanol–water partition coefficient (Wildman–Crippen LogP) is 2.33. The summed E-state index contributed by atoms with van der Waals surface area (Å²) in [4.78, 5) is 15.7. The van der Waals surface area contributed by atoms with Gasteiger partial charge in [0.2, 0.25) is 0 Å². The summed E-state index contributed by atoms with van der Waals surface area (Å²) in [6.45, 7) is 4.47. The summed E-state index contributed by atoms with van der Waals surface area (Å²) in [6, 6.07) is 5.07. The van der Waals surface area contributed by atoms with Crippen molar-refractivity contribution in [2.75, 3.05) is 11.9 Å². The Morgan fingerprint density at radius 3 is 2.95 bits per heavy atom. The van der Waals surface area contributed by atoms with E-state index in [-0.39, 0.29) is 5.57 Å². The molecule has 0 aliphatic rings. The molecule has 0 unspecified atom stereocenters. The molecule has 1 aromatic heterocycles. The standard InChI is InChI=1S/C13H15ClN4O/c1-9(2)7-18-13(19)10(6-15)8-17-12-5-11(14)3-4-16-12/h3-5,8-9H,7H2,1-2H3,(H,16,17)(H,18,19)/b10-8-. The van der Waals surface area contributed by atoms with Crippen LogP contribution in [0.15, 0.2) is 30.1 Å². The van der Waals surface area contributed by atoms with Crippen molar-refractivity contribution in [3.05, 3.63) is 35.1 Å². The van der Waals surface area contributed by atoms with E-state index in [1.807, 2.05) is 19.9 Å². The molecular weight excluding hydrogens is 264 g/mol. The number of nitrogens with one attached hydrogen (secondary N) is 2. The Morgan fingerprint density at radius 2 is 2.37 bits per heavy atom. The van der Waals surface area contributed by atoms with Gasteiger partial charge >= 0.3 is 0 Å². The number of aromatic nitrogens is 1. The van der Waals surface area contributed by atoms with E-state index in [0.717, 1.165) is 0 Å². The summed E-state index contributed by atoms with van der Waals surface area (Å²) < 4.78 is 0. The van der Waals surface area contributed by atoms with E-state index < -0.39 is 5.91 Å². The van der Waals surface area contributed by atoms with Crippen molar-refractivity contribution in [1.82, 2.24) is 10.3 Å². The predicted molar refractivity (Wildman–Crippen MR) is 74.4 cm³/mol. The Labute approximate surface area is 117 Å². The Morgan fingerprint density at radius 1 is 1.63 bits per heavy atom. The van der Waals surface area contributed by atoms with Crippen LogP contribution in [0.4, 0.5) is 5.82 Å². The van der Waals surface area contributed by atoms with Gasteiger partial charge in [-0.15, -0.1) is 0 Å². The molecule has 0 spiro atoms. The fourth-order valence-corrected chi connectivity index (χ4v) is 1.33. The van der Waals surface area contributed by atoms with Crippen LogP contribution in [0, 0.1) is 17.2 Å². The van der Waals surface area contributed by atoms with Crippen molar-refractivity contribution in [2.24, 2.45) is 5.92 Å². The molecule has 0 atom stereocenters. The highest BCUT2D eigenvalue weighted by atomic mass is 35.5. The first kappa shape index (κ1) is 15.0. The lowest BCUT2D eigenvalue weighted by molar-refractivity contribution is -0.117. The van der Waals surface area contributed by atoms with Gasteiger partial charge in [0, 0.05) is 24.0 Å². The molecule has 1 aromatic rings. The third kappa shape index (κ3) is 5.40. The van der Waals surface area contributed by atoms with E-state index in [9.17, 15) is 4.79 Å². The van der Waals surface area contributed by atoms with Crippen LogP contribution >= 0.6 is 11.6 Å². The fourth-order valence-electron chi connectivity index (χ4n) is 1.17. The van der Waals surface area contributed by atoms with E-state index in [1.54, 1.807) is 12.1 Å². The van der Waals surface area contributed by atoms with Gasteiger partial charge in [0.1, 0.15) is 17.5 Å². The van der Waals surface area contributed by atoms with Gasteiger partial charge < -0.3 is 10.6 Å². The zero-order chi connectivity index (χ0) is 14.3. The first-order valence-electron chi connectivity index (χ1n) is 5.79. The molecule has 0 aliphatic carbocycles. The summed E-state index contributed by atoms with van der Waals surface area (Å²) in [5, 5.41) is 14.9. The molecule has 0 aromatic carbocycles. The molecule has 5 nitrogen and oxygen atoms in total. The number of rotatable bonds is 5. The second-order valence-electron chi connectivity index (χ2n) is 4.28. The van der Waals surface area contributed by atoms with Crippen molar-refractivity contribution in [3.8, 4) is 6.07 Å². The summed E-state index contributed by atoms with van der Waals surface area (Å²) in [7, 11) is 0. The van der Waals surface area contributed by atoms with E-state index in [1.165, 1.54) is 12.4 Å². The summed E-state index contributed by atoms with van der Waals surface area (Å²) in [5.41, 5.74) is -0.0116. The van der Waals surface area contributed by atoms with Crippen molar-refractivity contribution in [2.45, 2.75) is 13.8 Å². The number of carbonyl (C=O) groups excluding carboxylic acids is 1. The lowest BCUT2D eigenvalue weighted by atomic mass is 10.2. The second-order valence-corrected chi connectivity index (χ2v) is 4.71. The minimum Gasteiger partial charge on any atom is -0.351 e. The maximum atomic E-state index is 11.7. The topological polar surface area (TPSA) is 77.8 Å². The number of anilines is 1. The lowest BCUT2D eigenvalue weighted by Crippen LogP contribution is -2.28. The number of nitrogens with zero attached hydrogens (tertiary/aromatic N) is 2. The van der Waals surface area contributed by atoms with Crippen LogP contribution < -0.4 is 10.6 Å². The minimum atomic E-state index is -0.411. The van der Waals surface area contributed by atoms with Crippen LogP contribution in [-0.2, 0) is 4.79 Å². The number of hydrogen-bond donors (Lipinski definition) is 2. The molecule has 0 aliphatic heterocycles. The molecule has 0 saturated heterocycles. The third-order valence-corrected chi connectivity index (χ3v) is 2.36. The van der Waals surface area contributed by atoms with E-state index >= 15 is 0 Å². The number of carbonyl (C=O) groups is 1. The van der Waals surface area contributed by atoms with Gasteiger partial charge in [-0.05, 0) is 18.1 Å². The number of halogens is 1. The van der Waals surface area contributed by atoms with Crippen LogP contribution in [0.3, 0.4) is 0 Å². The molecule has 19 heavy (non-hydrogen) atoms. The molecule has 0 fully saturated rings. The molecule has 2 N–H and O–H groups in total. The van der Waals surface area contributed by atoms with Gasteiger partial charge in [0.15, 0.2) is 0 Å². The highest BCUT2D eigenvalue weighted by Gasteiger charge is 2.08. The summed E-state index contributed by atoms with van der Waals surface area (Å²) in [6.07, 6.45) is 2.84. The lowest BCUT2D eigenvalue weighted by Gasteiger charge is -2.07. The van der Waals surface area contributed by atoms with Gasteiger partial charge in [0.05, 0.1) is 0 Å². The fraction of sp³-hybridized carbons (Fsp3) is 0.308. The van der Waals surface area contributed by atoms with Crippen molar-refractivity contribution in [1.29, 1.82) is 5.26 Å². The zero-order valence-corrected chi connectivity index (χ0v) is 11.5. The average Bonchev–Trinajstić information content (AvgIpc) is 2.37. The van der Waals surface area contributed by atoms with Crippen molar-refractivity contribution in [3.63, 3.8) is 0 Å². The SMILES string of the molecule is CC(C)CNC(=O)/C(C#N)=C\Nc1cc(Cl)ccn1. The van der Waals surface area contributed by atoms with Crippen LogP contribution in [-0.4, -0.2) is 17.4 Å². The van der Waals surface area contributed by atoms with E-state index in [0.29, 0.717) is 23.3 Å². The monoisotopic (exact) mass is 278 g/mol. The number of amides is 1. The normalized spacial score (nSPS) is 11.0. The molecule has 100 valence electrons. The summed E-state index contributed by atoms with van der Waals surface area (Å²) in [5.74, 6) is 0.383. The van der Waals surface area contributed by atoms with E-state index in [4.69, 9.17) is 16.9 Å². The largest absolute Gasteiger partial charge is 0.351 e. The average molecular weight is 279 g/mol. The molecule has 1 heterocycles.